The van der Waals surface area contributed by atoms with Crippen molar-refractivity contribution in [3.63, 3.8) is 0 Å². The lowest BCUT2D eigenvalue weighted by atomic mass is 9.10. The number of hydrogen-bond acceptors (Lipinski definition) is 2. The van der Waals surface area contributed by atoms with Crippen LogP contribution in [0.4, 0.5) is 13.2 Å². The molecule has 0 bridgehead atoms. The first-order valence-electron chi connectivity index (χ1n) is 16.4. The molecule has 1 atom stereocenters. The molecule has 0 amide bonds. The third kappa shape index (κ3) is 8.01. The highest BCUT2D eigenvalue weighted by Crippen LogP contribution is 2.30. The topological polar surface area (TPSA) is 34.1 Å². The van der Waals surface area contributed by atoms with E-state index in [2.05, 4.69) is 13.8 Å². The van der Waals surface area contributed by atoms with E-state index in [4.69, 9.17) is 11.6 Å². The average Bonchev–Trinajstić information content (AvgIpc) is 3.15. The number of halogens is 4. The summed E-state index contributed by atoms with van der Waals surface area (Å²) < 4.78 is 54.5. The van der Waals surface area contributed by atoms with Crippen molar-refractivity contribution in [2.45, 2.75) is 35.9 Å². The summed E-state index contributed by atoms with van der Waals surface area (Å²) in [4.78, 5) is 14.0. The second-order valence-electron chi connectivity index (χ2n) is 12.3. The van der Waals surface area contributed by atoms with E-state index in [0.29, 0.717) is 20.4 Å². The van der Waals surface area contributed by atoms with Crippen molar-refractivity contribution >= 4 is 49.9 Å². The van der Waals surface area contributed by atoms with Gasteiger partial charge in [0.1, 0.15) is 17.5 Å². The molecule has 0 radical (unpaired) electrons. The van der Waals surface area contributed by atoms with Crippen molar-refractivity contribution in [1.82, 2.24) is 0 Å². The summed E-state index contributed by atoms with van der Waals surface area (Å²) in [7, 11) is -2.69. The van der Waals surface area contributed by atoms with E-state index in [-0.39, 0.29) is 34.8 Å². The van der Waals surface area contributed by atoms with Gasteiger partial charge in [0.25, 0.3) is 0 Å². The Morgan fingerprint density at radius 2 is 0.960 bits per heavy atom. The Balaban J connectivity index is 0.000000195. The van der Waals surface area contributed by atoms with E-state index in [0.717, 1.165) is 22.8 Å². The summed E-state index contributed by atoms with van der Waals surface area (Å²) in [6.07, 6.45) is -0.650. The predicted molar refractivity (Wildman–Crippen MR) is 202 cm³/mol. The van der Waals surface area contributed by atoms with Gasteiger partial charge in [-0.25, -0.2) is 13.2 Å². The second kappa shape index (κ2) is 16.3. The molecule has 0 aliphatic carbocycles. The minimum atomic E-state index is -2.69. The smallest absolute Gasteiger partial charge is 0.212 e. The minimum Gasteiger partial charge on any atom is -0.289 e. The molecule has 0 heterocycles. The van der Waals surface area contributed by atoms with Gasteiger partial charge >= 0.3 is 0 Å². The number of carbonyl (C=O) groups is 1. The SMILES string of the molecule is CCC(C)[B-](c1ccc(F)cc1)(c1ccc(F)cc1)c1ccc(F)cc1.O=C(C[S+](=O)(c1ccccc1)c1ccccc1)c1ccc(Cl)cc1. The molecule has 0 fully saturated rings. The van der Waals surface area contributed by atoms with Gasteiger partial charge in [-0.2, -0.15) is 22.2 Å². The molecule has 6 aromatic carbocycles. The Hall–Kier alpha value is -4.72. The largest absolute Gasteiger partial charge is 0.289 e. The molecule has 0 saturated carbocycles. The zero-order valence-corrected chi connectivity index (χ0v) is 29.4. The Labute approximate surface area is 298 Å². The molecule has 2 nitrogen and oxygen atoms in total. The summed E-state index contributed by atoms with van der Waals surface area (Å²) >= 11 is 5.87. The van der Waals surface area contributed by atoms with Crippen molar-refractivity contribution < 1.29 is 22.2 Å². The van der Waals surface area contributed by atoms with Crippen molar-refractivity contribution in [2.75, 3.05) is 5.75 Å². The van der Waals surface area contributed by atoms with Crippen molar-refractivity contribution in [2.24, 2.45) is 0 Å². The van der Waals surface area contributed by atoms with Gasteiger partial charge < -0.3 is 0 Å². The quantitative estimate of drug-likeness (QED) is 0.0808. The number of hydrogen-bond donors (Lipinski definition) is 0. The fraction of sp³-hybridized carbons (Fsp3) is 0.119. The Morgan fingerprint density at radius 1 is 0.600 bits per heavy atom. The van der Waals surface area contributed by atoms with Gasteiger partial charge in [-0.1, -0.05) is 109 Å². The molecule has 254 valence electrons. The molecule has 50 heavy (non-hydrogen) atoms. The second-order valence-corrected chi connectivity index (χ2v) is 15.4. The zero-order valence-electron chi connectivity index (χ0n) is 27.8. The van der Waals surface area contributed by atoms with Gasteiger partial charge in [-0.3, -0.25) is 4.79 Å². The molecule has 6 aromatic rings. The monoisotopic (exact) mass is 708 g/mol. The molecule has 0 N–H and O–H groups in total. The first kappa shape index (κ1) is 36.6. The standard InChI is InChI=1S/C22H21BF3.C20H16ClO2S/c1-3-16(2)23(17-4-10-20(24)11-5-17,18-6-12-21(25)13-7-18)19-8-14-22(26)15-9-19;21-17-13-11-16(12-14-17)20(22)15-24(23,18-7-3-1-4-8-18)19-9-5-2-6-10-19/h4-16H,3H2,1-2H3;1-14H,15H2/q-1;+1. The molecule has 8 heteroatoms. The fourth-order valence-corrected chi connectivity index (χ4v) is 9.16. The van der Waals surface area contributed by atoms with Crippen LogP contribution in [0.1, 0.15) is 30.6 Å². The molecule has 0 spiro atoms. The third-order valence-corrected chi connectivity index (χ3v) is 12.4. The normalized spacial score (nSPS) is 12.0. The van der Waals surface area contributed by atoms with Gasteiger partial charge in [0.2, 0.25) is 5.78 Å². The summed E-state index contributed by atoms with van der Waals surface area (Å²) in [5.41, 5.74) is 3.39. The summed E-state index contributed by atoms with van der Waals surface area (Å²) in [5, 5.41) is 0.568. The summed E-state index contributed by atoms with van der Waals surface area (Å²) in [6.45, 7) is 4.23. The third-order valence-electron chi connectivity index (χ3n) is 9.43. The summed E-state index contributed by atoms with van der Waals surface area (Å²) in [5.74, 6) is -0.967. The van der Waals surface area contributed by atoms with Crippen LogP contribution in [0.3, 0.4) is 0 Å². The van der Waals surface area contributed by atoms with Crippen LogP contribution in [0.15, 0.2) is 168 Å². The molecule has 6 rings (SSSR count). The van der Waals surface area contributed by atoms with Gasteiger partial charge in [-0.05, 0) is 84.9 Å². The number of rotatable bonds is 10. The maximum Gasteiger partial charge on any atom is 0.212 e. The molecule has 0 aliphatic heterocycles. The van der Waals surface area contributed by atoms with Crippen LogP contribution >= 0.6 is 11.6 Å². The van der Waals surface area contributed by atoms with Gasteiger partial charge in [0.15, 0.2) is 25.5 Å². The lowest BCUT2D eigenvalue weighted by Gasteiger charge is -2.48. The maximum atomic E-state index is 13.8. The van der Waals surface area contributed by atoms with Crippen LogP contribution in [0.5, 0.6) is 0 Å². The number of Topliss-reactive ketones (excluding diaryl/α,β-unsaturated/α-hetero) is 1. The maximum absolute atomic E-state index is 13.8. The first-order valence-corrected chi connectivity index (χ1v) is 18.5. The van der Waals surface area contributed by atoms with E-state index in [1.165, 1.54) is 36.4 Å². The molecular formula is C42H37BClF3O2S. The van der Waals surface area contributed by atoms with Crippen LogP contribution in [0.2, 0.25) is 10.8 Å². The lowest BCUT2D eigenvalue weighted by molar-refractivity contribution is 0.102. The van der Waals surface area contributed by atoms with Crippen LogP contribution < -0.4 is 16.4 Å². The fourth-order valence-electron chi connectivity index (χ4n) is 6.70. The first-order chi connectivity index (χ1) is 24.1. The van der Waals surface area contributed by atoms with Crippen LogP contribution in [0, 0.1) is 17.5 Å². The number of benzene rings is 6. The van der Waals surface area contributed by atoms with Crippen LogP contribution in [-0.4, -0.2) is 17.7 Å². The van der Waals surface area contributed by atoms with Crippen molar-refractivity contribution in [1.29, 1.82) is 0 Å². The summed E-state index contributed by atoms with van der Waals surface area (Å²) in [6, 6.07) is 44.4. The van der Waals surface area contributed by atoms with E-state index in [1.807, 2.05) is 60.7 Å². The highest BCUT2D eigenvalue weighted by atomic mass is 35.5. The van der Waals surface area contributed by atoms with Gasteiger partial charge in [-0.15, -0.1) is 0 Å². The van der Waals surface area contributed by atoms with Crippen LogP contribution in [-0.2, 0) is 14.1 Å². The highest BCUT2D eigenvalue weighted by Gasteiger charge is 2.37. The van der Waals surface area contributed by atoms with E-state index in [1.54, 1.807) is 60.7 Å². The molecule has 0 aromatic heterocycles. The van der Waals surface area contributed by atoms with Gasteiger partial charge in [0, 0.05) is 10.6 Å². The molecule has 0 aliphatic rings. The molecular weight excluding hydrogens is 672 g/mol. The zero-order chi connectivity index (χ0) is 35.7. The predicted octanol–water partition coefficient (Wildman–Crippen LogP) is 9.51. The minimum absolute atomic E-state index is 0.0668. The Kier molecular flexibility index (Phi) is 11.9. The van der Waals surface area contributed by atoms with Crippen LogP contribution in [0.25, 0.3) is 0 Å². The number of carbonyl (C=O) groups excluding carboxylic acids is 1. The average molecular weight is 709 g/mol. The van der Waals surface area contributed by atoms with Crippen molar-refractivity contribution in [3.05, 3.63) is 186 Å². The number of ketones is 1. The Morgan fingerprint density at radius 3 is 1.30 bits per heavy atom. The van der Waals surface area contributed by atoms with Crippen molar-refractivity contribution in [3.8, 4) is 0 Å². The Bertz CT molecular complexity index is 1890. The molecule has 1 unspecified atom stereocenters. The van der Waals surface area contributed by atoms with E-state index >= 15 is 0 Å². The van der Waals surface area contributed by atoms with E-state index < -0.39 is 16.1 Å². The lowest BCUT2D eigenvalue weighted by Crippen LogP contribution is -2.69. The highest BCUT2D eigenvalue weighted by molar-refractivity contribution is 8.03. The molecule has 0 saturated heterocycles. The van der Waals surface area contributed by atoms with Gasteiger partial charge in [0.05, 0.1) is 6.15 Å². The van der Waals surface area contributed by atoms with E-state index in [9.17, 15) is 22.2 Å².